The van der Waals surface area contributed by atoms with Crippen molar-refractivity contribution < 1.29 is 14.7 Å². The molecule has 1 heterocycles. The van der Waals surface area contributed by atoms with Gasteiger partial charge in [0.15, 0.2) is 11.5 Å². The van der Waals surface area contributed by atoms with Crippen LogP contribution in [0.4, 0.5) is 0 Å². The highest BCUT2D eigenvalue weighted by Crippen LogP contribution is 2.18. The van der Waals surface area contributed by atoms with Crippen LogP contribution in [0.3, 0.4) is 0 Å². The summed E-state index contributed by atoms with van der Waals surface area (Å²) < 4.78 is 1.36. The molecule has 3 aromatic rings. The number of carbonyl (C=O) groups excluding carboxylic acids is 1. The second kappa shape index (κ2) is 6.73. The van der Waals surface area contributed by atoms with Gasteiger partial charge in [0.1, 0.15) is 0 Å². The first-order valence-electron chi connectivity index (χ1n) is 7.93. The SMILES string of the molecule is Cc1ccc(C(=O)Cc2cnn(-c3ccc(C)cc3)c2C(=O)O)cc1. The van der Waals surface area contributed by atoms with Crippen LogP contribution >= 0.6 is 0 Å². The minimum absolute atomic E-state index is 0.00342. The third-order valence-corrected chi connectivity index (χ3v) is 4.05. The van der Waals surface area contributed by atoms with Crippen LogP contribution in [0.1, 0.15) is 37.5 Å². The van der Waals surface area contributed by atoms with Gasteiger partial charge in [-0.25, -0.2) is 9.48 Å². The smallest absolute Gasteiger partial charge is 0.354 e. The molecule has 5 heteroatoms. The van der Waals surface area contributed by atoms with Gasteiger partial charge in [-0.05, 0) is 26.0 Å². The summed E-state index contributed by atoms with van der Waals surface area (Å²) >= 11 is 0. The molecule has 0 atom stereocenters. The van der Waals surface area contributed by atoms with Crippen molar-refractivity contribution in [2.45, 2.75) is 20.3 Å². The number of aromatic nitrogens is 2. The van der Waals surface area contributed by atoms with E-state index in [1.807, 2.05) is 38.1 Å². The van der Waals surface area contributed by atoms with E-state index in [0.29, 0.717) is 16.8 Å². The topological polar surface area (TPSA) is 72.2 Å². The van der Waals surface area contributed by atoms with Gasteiger partial charge in [0.2, 0.25) is 0 Å². The molecule has 0 bridgehead atoms. The van der Waals surface area contributed by atoms with Crippen LogP contribution in [0, 0.1) is 13.8 Å². The number of nitrogens with zero attached hydrogens (tertiary/aromatic N) is 2. The van der Waals surface area contributed by atoms with E-state index in [9.17, 15) is 14.7 Å². The number of rotatable bonds is 5. The number of hydrogen-bond donors (Lipinski definition) is 1. The Bertz CT molecular complexity index is 923. The number of aromatic carboxylic acids is 1. The minimum atomic E-state index is -1.11. The standard InChI is InChI=1S/C20H18N2O3/c1-13-3-7-15(8-4-13)18(23)11-16-12-21-22(19(16)20(24)25)17-9-5-14(2)6-10-17/h3-10,12H,11H2,1-2H3,(H,24,25). The van der Waals surface area contributed by atoms with E-state index in [0.717, 1.165) is 11.1 Å². The Kier molecular flexibility index (Phi) is 4.48. The number of hydrogen-bond acceptors (Lipinski definition) is 3. The van der Waals surface area contributed by atoms with Gasteiger partial charge in [0.05, 0.1) is 11.9 Å². The predicted molar refractivity (Wildman–Crippen MR) is 94.5 cm³/mol. The lowest BCUT2D eigenvalue weighted by Crippen LogP contribution is -2.12. The van der Waals surface area contributed by atoms with Crippen LogP contribution in [0.2, 0.25) is 0 Å². The summed E-state index contributed by atoms with van der Waals surface area (Å²) in [5.74, 6) is -1.24. The summed E-state index contributed by atoms with van der Waals surface area (Å²) in [7, 11) is 0. The van der Waals surface area contributed by atoms with Crippen molar-refractivity contribution in [3.63, 3.8) is 0 Å². The molecule has 0 unspecified atom stereocenters. The molecule has 3 rings (SSSR count). The van der Waals surface area contributed by atoms with Gasteiger partial charge in [0, 0.05) is 17.5 Å². The number of carboxylic acids is 1. The second-order valence-corrected chi connectivity index (χ2v) is 6.04. The predicted octanol–water partition coefficient (Wildman–Crippen LogP) is 3.61. The van der Waals surface area contributed by atoms with Crippen LogP contribution in [0.25, 0.3) is 5.69 Å². The molecule has 0 radical (unpaired) electrons. The van der Waals surface area contributed by atoms with E-state index < -0.39 is 5.97 Å². The molecule has 2 aromatic carbocycles. The fourth-order valence-electron chi connectivity index (χ4n) is 2.64. The van der Waals surface area contributed by atoms with Gasteiger partial charge < -0.3 is 5.11 Å². The maximum Gasteiger partial charge on any atom is 0.354 e. The molecule has 5 nitrogen and oxygen atoms in total. The second-order valence-electron chi connectivity index (χ2n) is 6.04. The highest BCUT2D eigenvalue weighted by molar-refractivity contribution is 5.99. The van der Waals surface area contributed by atoms with Gasteiger partial charge in [-0.15, -0.1) is 0 Å². The van der Waals surface area contributed by atoms with Crippen molar-refractivity contribution in [1.29, 1.82) is 0 Å². The number of aryl methyl sites for hydroxylation is 2. The van der Waals surface area contributed by atoms with Crippen molar-refractivity contribution in [2.24, 2.45) is 0 Å². The fraction of sp³-hybridized carbons (Fsp3) is 0.150. The largest absolute Gasteiger partial charge is 0.476 e. The molecule has 126 valence electrons. The summed E-state index contributed by atoms with van der Waals surface area (Å²) in [6, 6.07) is 14.6. The summed E-state index contributed by atoms with van der Waals surface area (Å²) in [6.45, 7) is 3.90. The molecule has 0 saturated carbocycles. The number of carboxylic acid groups (broad SMARTS) is 1. The lowest BCUT2D eigenvalue weighted by atomic mass is 10.0. The first kappa shape index (κ1) is 16.6. The van der Waals surface area contributed by atoms with E-state index in [-0.39, 0.29) is 17.9 Å². The molecular formula is C20H18N2O3. The van der Waals surface area contributed by atoms with Crippen molar-refractivity contribution in [3.8, 4) is 5.69 Å². The van der Waals surface area contributed by atoms with Gasteiger partial charge in [-0.2, -0.15) is 5.10 Å². The normalized spacial score (nSPS) is 10.6. The third kappa shape index (κ3) is 3.50. The summed E-state index contributed by atoms with van der Waals surface area (Å²) in [5, 5.41) is 13.8. The van der Waals surface area contributed by atoms with Crippen LogP contribution in [0.15, 0.2) is 54.7 Å². The van der Waals surface area contributed by atoms with E-state index in [2.05, 4.69) is 5.10 Å². The first-order valence-corrected chi connectivity index (χ1v) is 7.93. The minimum Gasteiger partial charge on any atom is -0.476 e. The average molecular weight is 334 g/mol. The molecule has 0 saturated heterocycles. The molecule has 0 aliphatic heterocycles. The van der Waals surface area contributed by atoms with Crippen molar-refractivity contribution in [3.05, 3.63) is 82.7 Å². The van der Waals surface area contributed by atoms with Gasteiger partial charge in [0.25, 0.3) is 0 Å². The molecule has 25 heavy (non-hydrogen) atoms. The van der Waals surface area contributed by atoms with E-state index >= 15 is 0 Å². The highest BCUT2D eigenvalue weighted by Gasteiger charge is 2.21. The Hall–Kier alpha value is -3.21. The number of Topliss-reactive ketones (excluding diaryl/α,β-unsaturated/α-hetero) is 1. The van der Waals surface area contributed by atoms with E-state index in [4.69, 9.17) is 0 Å². The number of ketones is 1. The number of benzene rings is 2. The van der Waals surface area contributed by atoms with Crippen LogP contribution in [0.5, 0.6) is 0 Å². The molecule has 1 N–H and O–H groups in total. The average Bonchev–Trinajstić information content (AvgIpc) is 3.00. The zero-order chi connectivity index (χ0) is 18.0. The lowest BCUT2D eigenvalue weighted by Gasteiger charge is -2.06. The van der Waals surface area contributed by atoms with Crippen molar-refractivity contribution in [1.82, 2.24) is 9.78 Å². The van der Waals surface area contributed by atoms with Crippen LogP contribution in [-0.2, 0) is 6.42 Å². The Morgan fingerprint density at radius 3 is 2.08 bits per heavy atom. The first-order chi connectivity index (χ1) is 12.0. The molecule has 0 aliphatic carbocycles. The zero-order valence-electron chi connectivity index (χ0n) is 14.1. The lowest BCUT2D eigenvalue weighted by molar-refractivity contribution is 0.0686. The van der Waals surface area contributed by atoms with E-state index in [1.54, 1.807) is 24.3 Å². The van der Waals surface area contributed by atoms with E-state index in [1.165, 1.54) is 10.9 Å². The quantitative estimate of drug-likeness (QED) is 0.724. The monoisotopic (exact) mass is 334 g/mol. The van der Waals surface area contributed by atoms with Crippen molar-refractivity contribution >= 4 is 11.8 Å². The number of carbonyl (C=O) groups is 2. The van der Waals surface area contributed by atoms with Crippen LogP contribution in [-0.4, -0.2) is 26.6 Å². The Balaban J connectivity index is 1.94. The molecule has 1 aromatic heterocycles. The van der Waals surface area contributed by atoms with Gasteiger partial charge in [-0.1, -0.05) is 47.5 Å². The summed E-state index contributed by atoms with van der Waals surface area (Å²) in [6.07, 6.45) is 1.45. The third-order valence-electron chi connectivity index (χ3n) is 4.05. The fourth-order valence-corrected chi connectivity index (χ4v) is 2.64. The molecule has 0 spiro atoms. The Morgan fingerprint density at radius 1 is 0.960 bits per heavy atom. The Labute approximate surface area is 145 Å². The maximum atomic E-state index is 12.5. The summed E-state index contributed by atoms with van der Waals surface area (Å²) in [4.78, 5) is 24.2. The molecule has 0 aliphatic rings. The van der Waals surface area contributed by atoms with Crippen LogP contribution < -0.4 is 0 Å². The zero-order valence-corrected chi connectivity index (χ0v) is 14.1. The van der Waals surface area contributed by atoms with Gasteiger partial charge >= 0.3 is 5.97 Å². The van der Waals surface area contributed by atoms with Crippen molar-refractivity contribution in [2.75, 3.05) is 0 Å². The maximum absolute atomic E-state index is 12.5. The molecule has 0 fully saturated rings. The molecule has 0 amide bonds. The van der Waals surface area contributed by atoms with Gasteiger partial charge in [-0.3, -0.25) is 4.79 Å². The summed E-state index contributed by atoms with van der Waals surface area (Å²) in [5.41, 5.74) is 3.77. The Morgan fingerprint density at radius 2 is 1.52 bits per heavy atom. The highest BCUT2D eigenvalue weighted by atomic mass is 16.4. The molecular weight excluding hydrogens is 316 g/mol.